The van der Waals surface area contributed by atoms with Crippen molar-refractivity contribution in [2.75, 3.05) is 20.4 Å². The standard InChI is InChI=1S/C15H15N3O3S/c1-17-10-6-7-11(21-2)16-12(10)14(22-3)13-9(15(17)19)5-4-8-18(13)20/h4-8,10H,1-3H3. The van der Waals surface area contributed by atoms with E-state index in [0.717, 1.165) is 4.73 Å². The lowest BCUT2D eigenvalue weighted by Gasteiger charge is -2.26. The molecule has 0 aliphatic carbocycles. The molecule has 1 aromatic rings. The van der Waals surface area contributed by atoms with Crippen LogP contribution in [0.15, 0.2) is 41.2 Å². The predicted octanol–water partition coefficient (Wildman–Crippen LogP) is 1.42. The van der Waals surface area contributed by atoms with Gasteiger partial charge in [0.1, 0.15) is 10.5 Å². The average Bonchev–Trinajstić information content (AvgIpc) is 2.63. The lowest BCUT2D eigenvalue weighted by Crippen LogP contribution is -2.38. The highest BCUT2D eigenvalue weighted by Gasteiger charge is 2.37. The minimum atomic E-state index is -0.318. The highest BCUT2D eigenvalue weighted by Crippen LogP contribution is 2.37. The number of carbonyl (C=O) groups is 1. The molecule has 6 nitrogen and oxygen atoms in total. The van der Waals surface area contributed by atoms with E-state index in [2.05, 4.69) is 4.99 Å². The number of pyridine rings is 1. The van der Waals surface area contributed by atoms with Crippen molar-refractivity contribution in [2.45, 2.75) is 6.04 Å². The Morgan fingerprint density at radius 2 is 2.27 bits per heavy atom. The van der Waals surface area contributed by atoms with Crippen LogP contribution in [0.3, 0.4) is 0 Å². The van der Waals surface area contributed by atoms with Crippen LogP contribution in [-0.4, -0.2) is 43.2 Å². The van der Waals surface area contributed by atoms with E-state index in [4.69, 9.17) is 4.74 Å². The molecule has 0 aromatic carbocycles. The van der Waals surface area contributed by atoms with Crippen LogP contribution in [0.4, 0.5) is 0 Å². The Morgan fingerprint density at radius 1 is 1.50 bits per heavy atom. The lowest BCUT2D eigenvalue weighted by atomic mass is 10.1. The quantitative estimate of drug-likeness (QED) is 0.580. The van der Waals surface area contributed by atoms with Crippen LogP contribution >= 0.6 is 11.8 Å². The molecule has 2 aliphatic heterocycles. The smallest absolute Gasteiger partial charge is 0.261 e. The van der Waals surface area contributed by atoms with Crippen molar-refractivity contribution < 1.29 is 14.3 Å². The molecule has 0 fully saturated rings. The van der Waals surface area contributed by atoms with Crippen molar-refractivity contribution in [1.29, 1.82) is 0 Å². The average molecular weight is 317 g/mol. The third kappa shape index (κ3) is 2.09. The van der Waals surface area contributed by atoms with Crippen molar-refractivity contribution in [2.24, 2.45) is 4.99 Å². The van der Waals surface area contributed by atoms with E-state index in [-0.39, 0.29) is 11.9 Å². The highest BCUT2D eigenvalue weighted by molar-refractivity contribution is 8.07. The second-order valence-electron chi connectivity index (χ2n) is 4.89. The maximum Gasteiger partial charge on any atom is 0.261 e. The van der Waals surface area contributed by atoms with Gasteiger partial charge < -0.3 is 14.8 Å². The molecule has 0 saturated carbocycles. The Bertz CT molecular complexity index is 740. The molecule has 3 heterocycles. The van der Waals surface area contributed by atoms with Crippen molar-refractivity contribution in [3.8, 4) is 0 Å². The number of thioether (sulfide) groups is 1. The molecule has 2 aliphatic rings. The summed E-state index contributed by atoms with van der Waals surface area (Å²) in [5.74, 6) is 0.253. The fourth-order valence-corrected chi connectivity index (χ4v) is 3.39. The van der Waals surface area contributed by atoms with Gasteiger partial charge in [0.2, 0.25) is 11.6 Å². The van der Waals surface area contributed by atoms with E-state index in [0.29, 0.717) is 27.8 Å². The molecule has 1 amide bonds. The minimum absolute atomic E-state index is 0.201. The second-order valence-corrected chi connectivity index (χ2v) is 5.71. The number of hydrogen-bond donors (Lipinski definition) is 0. The molecular formula is C15H15N3O3S. The zero-order valence-corrected chi connectivity index (χ0v) is 13.3. The normalized spacial score (nSPS) is 20.3. The molecule has 0 radical (unpaired) electrons. The van der Waals surface area contributed by atoms with Crippen LogP contribution < -0.4 is 4.73 Å². The monoisotopic (exact) mass is 317 g/mol. The van der Waals surface area contributed by atoms with Gasteiger partial charge in [0.25, 0.3) is 5.91 Å². The number of aromatic nitrogens is 1. The van der Waals surface area contributed by atoms with Crippen LogP contribution in [0, 0.1) is 5.21 Å². The van der Waals surface area contributed by atoms with Crippen molar-refractivity contribution in [1.82, 2.24) is 4.90 Å². The Hall–Kier alpha value is -2.28. The third-order valence-corrected chi connectivity index (χ3v) is 4.53. The van der Waals surface area contributed by atoms with Gasteiger partial charge in [-0.05, 0) is 18.4 Å². The second kappa shape index (κ2) is 5.49. The lowest BCUT2D eigenvalue weighted by molar-refractivity contribution is -0.607. The van der Waals surface area contributed by atoms with Gasteiger partial charge in [0.05, 0.1) is 18.8 Å². The van der Waals surface area contributed by atoms with Crippen LogP contribution in [0.25, 0.3) is 4.91 Å². The van der Waals surface area contributed by atoms with Gasteiger partial charge in [-0.3, -0.25) is 4.79 Å². The van der Waals surface area contributed by atoms with Gasteiger partial charge in [-0.1, -0.05) is 6.08 Å². The maximum atomic E-state index is 12.7. The summed E-state index contributed by atoms with van der Waals surface area (Å²) >= 11 is 1.40. The van der Waals surface area contributed by atoms with Crippen LogP contribution in [0.2, 0.25) is 0 Å². The summed E-state index contributed by atoms with van der Waals surface area (Å²) in [6.07, 6.45) is 6.85. The van der Waals surface area contributed by atoms with Gasteiger partial charge >= 0.3 is 0 Å². The maximum absolute atomic E-state index is 12.7. The number of hydrogen-bond acceptors (Lipinski definition) is 5. The zero-order chi connectivity index (χ0) is 15.9. The Morgan fingerprint density at radius 3 is 2.95 bits per heavy atom. The molecule has 1 atom stereocenters. The summed E-state index contributed by atoms with van der Waals surface area (Å²) in [5, 5.41) is 12.3. The number of fused-ring (bicyclic) bond motifs is 2. The first-order valence-corrected chi connectivity index (χ1v) is 7.89. The van der Waals surface area contributed by atoms with Gasteiger partial charge in [-0.15, -0.1) is 11.8 Å². The molecule has 0 saturated heterocycles. The van der Waals surface area contributed by atoms with Crippen LogP contribution in [0.1, 0.15) is 16.1 Å². The summed E-state index contributed by atoms with van der Waals surface area (Å²) in [6.45, 7) is 0. The molecule has 22 heavy (non-hydrogen) atoms. The Labute approximate surface area is 132 Å². The number of ether oxygens (including phenoxy) is 1. The number of carbonyl (C=O) groups excluding carboxylic acids is 1. The summed E-state index contributed by atoms with van der Waals surface area (Å²) < 4.78 is 5.91. The number of nitrogens with zero attached hydrogens (tertiary/aromatic N) is 3. The molecular weight excluding hydrogens is 302 g/mol. The van der Waals surface area contributed by atoms with Crippen molar-refractivity contribution >= 4 is 28.5 Å². The van der Waals surface area contributed by atoms with Crippen LogP contribution in [0.5, 0.6) is 0 Å². The summed E-state index contributed by atoms with van der Waals surface area (Å²) in [5.41, 5.74) is 1.38. The SMILES string of the molecule is COC1=NC2=C(SC)c3c(ccc[n+]3[O-])C(=O)N(C)C2C=C1. The van der Waals surface area contributed by atoms with Gasteiger partial charge in [0, 0.05) is 13.1 Å². The topological polar surface area (TPSA) is 68.8 Å². The number of aliphatic imine (C=N–C) groups is 1. The van der Waals surface area contributed by atoms with Gasteiger partial charge in [0.15, 0.2) is 6.20 Å². The number of likely N-dealkylation sites (N-methyl/N-ethyl adjacent to an activating group) is 1. The Kier molecular flexibility index (Phi) is 3.66. The number of dihydropyridines is 1. The Balaban J connectivity index is 2.34. The fraction of sp³-hybridized carbons (Fsp3) is 0.267. The molecule has 0 N–H and O–H groups in total. The number of amides is 1. The van der Waals surface area contributed by atoms with Gasteiger partial charge in [-0.2, -0.15) is 4.73 Å². The fourth-order valence-electron chi connectivity index (χ4n) is 2.62. The first-order chi connectivity index (χ1) is 10.6. The number of methoxy groups -OCH3 is 1. The number of rotatable bonds is 1. The van der Waals surface area contributed by atoms with Gasteiger partial charge in [-0.25, -0.2) is 4.99 Å². The molecule has 0 spiro atoms. The zero-order valence-electron chi connectivity index (χ0n) is 12.4. The van der Waals surface area contributed by atoms with E-state index in [1.807, 2.05) is 12.3 Å². The molecule has 114 valence electrons. The van der Waals surface area contributed by atoms with E-state index in [1.54, 1.807) is 30.2 Å². The third-order valence-electron chi connectivity index (χ3n) is 3.72. The van der Waals surface area contributed by atoms with E-state index < -0.39 is 0 Å². The van der Waals surface area contributed by atoms with E-state index in [9.17, 15) is 10.0 Å². The largest absolute Gasteiger partial charge is 0.618 e. The molecule has 1 unspecified atom stereocenters. The first kappa shape index (κ1) is 14.6. The predicted molar refractivity (Wildman–Crippen MR) is 85.3 cm³/mol. The van der Waals surface area contributed by atoms with E-state index >= 15 is 0 Å². The summed E-state index contributed by atoms with van der Waals surface area (Å²) in [4.78, 5) is 19.4. The summed E-state index contributed by atoms with van der Waals surface area (Å²) in [6, 6.07) is 2.93. The van der Waals surface area contributed by atoms with Crippen LogP contribution in [-0.2, 0) is 4.74 Å². The minimum Gasteiger partial charge on any atom is -0.618 e. The van der Waals surface area contributed by atoms with Crippen molar-refractivity contribution in [3.05, 3.63) is 52.6 Å². The van der Waals surface area contributed by atoms with Crippen molar-refractivity contribution in [3.63, 3.8) is 0 Å². The highest BCUT2D eigenvalue weighted by atomic mass is 32.2. The van der Waals surface area contributed by atoms with E-state index in [1.165, 1.54) is 25.1 Å². The first-order valence-electron chi connectivity index (χ1n) is 6.67. The molecule has 1 aromatic heterocycles. The molecule has 0 bridgehead atoms. The summed E-state index contributed by atoms with van der Waals surface area (Å²) in [7, 11) is 3.25. The molecule has 3 rings (SSSR count). The molecule has 7 heteroatoms.